The molecule has 0 fully saturated rings. The molecule has 0 radical (unpaired) electrons. The Bertz CT molecular complexity index is 137. The van der Waals surface area contributed by atoms with Crippen LogP contribution >= 0.6 is 0 Å². The lowest BCUT2D eigenvalue weighted by Gasteiger charge is -2.11. The first-order valence-corrected chi connectivity index (χ1v) is 4.22. The zero-order valence-corrected chi connectivity index (χ0v) is 7.71. The van der Waals surface area contributed by atoms with Gasteiger partial charge < -0.3 is 16.2 Å². The summed E-state index contributed by atoms with van der Waals surface area (Å²) < 4.78 is 0. The Balaban J connectivity index is 3.46. The Morgan fingerprint density at radius 1 is 1.58 bits per heavy atom. The Morgan fingerprint density at radius 2 is 2.17 bits per heavy atom. The summed E-state index contributed by atoms with van der Waals surface area (Å²) in [5.74, 6) is -0.0474. The standard InChI is InChI=1S/C8H18N2O2/c1-6(9)3-4-8(12)10-7(2)5-11/h6-7,11H,3-5,9H2,1-2H3,(H,10,12)/t6?,7-/m0/s1. The molecule has 0 aromatic carbocycles. The summed E-state index contributed by atoms with van der Waals surface area (Å²) in [5, 5.41) is 11.3. The molecule has 0 saturated carbocycles. The maximum absolute atomic E-state index is 11.0. The van der Waals surface area contributed by atoms with Crippen LogP contribution < -0.4 is 11.1 Å². The number of carbonyl (C=O) groups excluding carboxylic acids is 1. The summed E-state index contributed by atoms with van der Waals surface area (Å²) in [7, 11) is 0. The maximum Gasteiger partial charge on any atom is 0.220 e. The molecule has 0 aromatic heterocycles. The third-order valence-electron chi connectivity index (χ3n) is 1.51. The van der Waals surface area contributed by atoms with Crippen LogP contribution in [0, 0.1) is 0 Å². The van der Waals surface area contributed by atoms with Crippen LogP contribution in [0.5, 0.6) is 0 Å². The molecule has 4 N–H and O–H groups in total. The van der Waals surface area contributed by atoms with Crippen molar-refractivity contribution in [2.45, 2.75) is 38.8 Å². The largest absolute Gasteiger partial charge is 0.394 e. The number of nitrogens with two attached hydrogens (primary N) is 1. The van der Waals surface area contributed by atoms with Crippen LogP contribution in [0.3, 0.4) is 0 Å². The van der Waals surface area contributed by atoms with Crippen LogP contribution in [0.25, 0.3) is 0 Å². The molecule has 2 atom stereocenters. The van der Waals surface area contributed by atoms with E-state index in [2.05, 4.69) is 5.32 Å². The molecule has 0 rings (SSSR count). The van der Waals surface area contributed by atoms with Gasteiger partial charge in [0.05, 0.1) is 6.61 Å². The van der Waals surface area contributed by atoms with Crippen LogP contribution in [0.4, 0.5) is 0 Å². The minimum atomic E-state index is -0.161. The number of nitrogens with one attached hydrogen (secondary N) is 1. The number of amides is 1. The summed E-state index contributed by atoms with van der Waals surface area (Å²) in [6, 6.07) is -0.106. The highest BCUT2D eigenvalue weighted by molar-refractivity contribution is 5.76. The molecule has 12 heavy (non-hydrogen) atoms. The quantitative estimate of drug-likeness (QED) is 0.531. The van der Waals surface area contributed by atoms with Crippen LogP contribution in [0.15, 0.2) is 0 Å². The number of hydrogen-bond acceptors (Lipinski definition) is 3. The minimum Gasteiger partial charge on any atom is -0.394 e. The van der Waals surface area contributed by atoms with Gasteiger partial charge in [0.25, 0.3) is 0 Å². The van der Waals surface area contributed by atoms with Gasteiger partial charge in [0, 0.05) is 18.5 Å². The first-order chi connectivity index (χ1) is 5.56. The molecule has 0 aliphatic carbocycles. The monoisotopic (exact) mass is 174 g/mol. The van der Waals surface area contributed by atoms with E-state index >= 15 is 0 Å². The molecule has 0 spiro atoms. The highest BCUT2D eigenvalue weighted by atomic mass is 16.3. The van der Waals surface area contributed by atoms with E-state index in [0.717, 1.165) is 0 Å². The molecule has 0 aliphatic heterocycles. The van der Waals surface area contributed by atoms with E-state index in [1.165, 1.54) is 0 Å². The summed E-state index contributed by atoms with van der Waals surface area (Å²) in [6.45, 7) is 3.59. The Kier molecular flexibility index (Phi) is 5.66. The summed E-state index contributed by atoms with van der Waals surface area (Å²) in [6.07, 6.45) is 1.12. The first kappa shape index (κ1) is 11.4. The second-order valence-corrected chi connectivity index (χ2v) is 3.17. The number of aliphatic hydroxyl groups is 1. The fraction of sp³-hybridized carbons (Fsp3) is 0.875. The smallest absolute Gasteiger partial charge is 0.220 e. The number of aliphatic hydroxyl groups excluding tert-OH is 1. The van der Waals surface area contributed by atoms with Crippen molar-refractivity contribution in [3.63, 3.8) is 0 Å². The van der Waals surface area contributed by atoms with Crippen molar-refractivity contribution in [2.75, 3.05) is 6.61 Å². The van der Waals surface area contributed by atoms with Crippen LogP contribution in [-0.2, 0) is 4.79 Å². The van der Waals surface area contributed by atoms with E-state index in [9.17, 15) is 4.79 Å². The molecular weight excluding hydrogens is 156 g/mol. The van der Waals surface area contributed by atoms with Crippen molar-refractivity contribution in [3.05, 3.63) is 0 Å². The molecule has 0 saturated heterocycles. The lowest BCUT2D eigenvalue weighted by molar-refractivity contribution is -0.122. The van der Waals surface area contributed by atoms with Gasteiger partial charge in [-0.2, -0.15) is 0 Å². The second kappa shape index (κ2) is 5.97. The maximum atomic E-state index is 11.0. The van der Waals surface area contributed by atoms with Crippen molar-refractivity contribution in [1.82, 2.24) is 5.32 Å². The van der Waals surface area contributed by atoms with Gasteiger partial charge in [-0.25, -0.2) is 0 Å². The predicted octanol–water partition coefficient (Wildman–Crippen LogP) is -0.389. The van der Waals surface area contributed by atoms with Crippen LogP contribution in [0.1, 0.15) is 26.7 Å². The van der Waals surface area contributed by atoms with Crippen molar-refractivity contribution in [3.8, 4) is 0 Å². The third kappa shape index (κ3) is 6.12. The van der Waals surface area contributed by atoms with Gasteiger partial charge in [0.15, 0.2) is 0 Å². The van der Waals surface area contributed by atoms with E-state index in [-0.39, 0.29) is 24.6 Å². The van der Waals surface area contributed by atoms with E-state index < -0.39 is 0 Å². The van der Waals surface area contributed by atoms with Gasteiger partial charge in [0.2, 0.25) is 5.91 Å². The molecule has 1 unspecified atom stereocenters. The highest BCUT2D eigenvalue weighted by Gasteiger charge is 2.06. The lowest BCUT2D eigenvalue weighted by Crippen LogP contribution is -2.35. The molecule has 0 heterocycles. The molecule has 0 bridgehead atoms. The van der Waals surface area contributed by atoms with Crippen molar-refractivity contribution in [1.29, 1.82) is 0 Å². The van der Waals surface area contributed by atoms with Crippen molar-refractivity contribution >= 4 is 5.91 Å². The number of hydrogen-bond donors (Lipinski definition) is 3. The van der Waals surface area contributed by atoms with Gasteiger partial charge in [-0.15, -0.1) is 0 Å². The van der Waals surface area contributed by atoms with Crippen molar-refractivity contribution < 1.29 is 9.90 Å². The van der Waals surface area contributed by atoms with Crippen molar-refractivity contribution in [2.24, 2.45) is 5.73 Å². The Hall–Kier alpha value is -0.610. The second-order valence-electron chi connectivity index (χ2n) is 3.17. The Labute approximate surface area is 73.1 Å². The van der Waals surface area contributed by atoms with Gasteiger partial charge in [-0.3, -0.25) is 4.79 Å². The van der Waals surface area contributed by atoms with E-state index in [1.54, 1.807) is 6.92 Å². The van der Waals surface area contributed by atoms with Crippen LogP contribution in [-0.4, -0.2) is 29.7 Å². The highest BCUT2D eigenvalue weighted by Crippen LogP contribution is 1.93. The van der Waals surface area contributed by atoms with Gasteiger partial charge in [-0.05, 0) is 20.3 Å². The first-order valence-electron chi connectivity index (χ1n) is 4.22. The fourth-order valence-corrected chi connectivity index (χ4v) is 0.751. The minimum absolute atomic E-state index is 0.0239. The molecule has 0 aliphatic rings. The molecule has 0 aromatic rings. The van der Waals surface area contributed by atoms with Gasteiger partial charge in [0.1, 0.15) is 0 Å². The summed E-state index contributed by atoms with van der Waals surface area (Å²) in [5.41, 5.74) is 5.47. The molecule has 4 nitrogen and oxygen atoms in total. The lowest BCUT2D eigenvalue weighted by atomic mass is 10.2. The molecule has 1 amide bonds. The topological polar surface area (TPSA) is 75.4 Å². The molecule has 72 valence electrons. The summed E-state index contributed by atoms with van der Waals surface area (Å²) in [4.78, 5) is 11.0. The zero-order valence-electron chi connectivity index (χ0n) is 7.71. The van der Waals surface area contributed by atoms with Gasteiger partial charge >= 0.3 is 0 Å². The fourth-order valence-electron chi connectivity index (χ4n) is 0.751. The normalized spacial score (nSPS) is 15.3. The zero-order chi connectivity index (χ0) is 9.56. The predicted molar refractivity (Wildman–Crippen MR) is 47.6 cm³/mol. The third-order valence-corrected chi connectivity index (χ3v) is 1.51. The van der Waals surface area contributed by atoms with E-state index in [4.69, 9.17) is 10.8 Å². The molecule has 4 heteroatoms. The average molecular weight is 174 g/mol. The summed E-state index contributed by atoms with van der Waals surface area (Å²) >= 11 is 0. The van der Waals surface area contributed by atoms with E-state index in [1.807, 2.05) is 6.92 Å². The van der Waals surface area contributed by atoms with Crippen LogP contribution in [0.2, 0.25) is 0 Å². The SMILES string of the molecule is CC(N)CCC(=O)N[C@@H](C)CO. The van der Waals surface area contributed by atoms with E-state index in [0.29, 0.717) is 12.8 Å². The average Bonchev–Trinajstić information content (AvgIpc) is 2.00. The number of carbonyl (C=O) groups is 1. The Morgan fingerprint density at radius 3 is 2.58 bits per heavy atom. The van der Waals surface area contributed by atoms with Gasteiger partial charge in [-0.1, -0.05) is 0 Å². The molecular formula is C8H18N2O2. The number of rotatable bonds is 5.